The predicted molar refractivity (Wildman–Crippen MR) is 125 cm³/mol. The van der Waals surface area contributed by atoms with Crippen molar-refractivity contribution in [3.8, 4) is 5.75 Å². The van der Waals surface area contributed by atoms with Crippen molar-refractivity contribution in [2.45, 2.75) is 20.8 Å². The Morgan fingerprint density at radius 1 is 1.03 bits per heavy atom. The molecule has 0 atom stereocenters. The van der Waals surface area contributed by atoms with Gasteiger partial charge in [0.25, 0.3) is 11.8 Å². The summed E-state index contributed by atoms with van der Waals surface area (Å²) in [5, 5.41) is 5.77. The van der Waals surface area contributed by atoms with E-state index in [1.165, 1.54) is 13.0 Å². The molecule has 0 saturated heterocycles. The van der Waals surface area contributed by atoms with E-state index in [-0.39, 0.29) is 29.6 Å². The van der Waals surface area contributed by atoms with Crippen LogP contribution in [0.2, 0.25) is 0 Å². The van der Waals surface area contributed by atoms with Gasteiger partial charge in [0.2, 0.25) is 5.91 Å². The van der Waals surface area contributed by atoms with E-state index in [1.54, 1.807) is 48.5 Å². The first-order valence-corrected chi connectivity index (χ1v) is 10.4. The van der Waals surface area contributed by atoms with Gasteiger partial charge < -0.3 is 15.4 Å². The zero-order valence-electron chi connectivity index (χ0n) is 18.5. The number of benzene rings is 2. The van der Waals surface area contributed by atoms with Gasteiger partial charge in [-0.25, -0.2) is 0 Å². The third kappa shape index (κ3) is 5.24. The Balaban J connectivity index is 1.92. The summed E-state index contributed by atoms with van der Waals surface area (Å²) in [6, 6.07) is 14.0. The Morgan fingerprint density at radius 3 is 2.22 bits per heavy atom. The quantitative estimate of drug-likeness (QED) is 0.460. The molecule has 2 aromatic rings. The normalized spacial score (nSPS) is 13.6. The highest BCUT2D eigenvalue weighted by molar-refractivity contribution is 6.36. The van der Waals surface area contributed by atoms with E-state index in [1.807, 2.05) is 0 Å². The molecule has 3 amide bonds. The number of nitrogens with one attached hydrogen (secondary N) is 2. The summed E-state index contributed by atoms with van der Waals surface area (Å²) >= 11 is 0. The Labute approximate surface area is 187 Å². The average Bonchev–Trinajstić information content (AvgIpc) is 2.98. The van der Waals surface area contributed by atoms with Crippen LogP contribution in [0.4, 0.5) is 11.4 Å². The van der Waals surface area contributed by atoms with Crippen molar-refractivity contribution in [3.05, 3.63) is 72.4 Å². The number of hydrogen-bond donors (Lipinski definition) is 2. The van der Waals surface area contributed by atoms with E-state index in [9.17, 15) is 14.4 Å². The molecular weight excluding hydrogens is 406 g/mol. The van der Waals surface area contributed by atoms with Crippen LogP contribution in [-0.2, 0) is 14.4 Å². The number of rotatable bonds is 9. The van der Waals surface area contributed by atoms with Crippen molar-refractivity contribution >= 4 is 34.7 Å². The molecule has 3 rings (SSSR count). The van der Waals surface area contributed by atoms with Gasteiger partial charge in [0.05, 0.1) is 12.2 Å². The van der Waals surface area contributed by atoms with Crippen LogP contribution < -0.4 is 15.4 Å². The second-order valence-corrected chi connectivity index (χ2v) is 7.87. The van der Waals surface area contributed by atoms with E-state index in [2.05, 4.69) is 31.1 Å². The molecule has 1 aliphatic heterocycles. The summed E-state index contributed by atoms with van der Waals surface area (Å²) in [5.41, 5.74) is 2.35. The summed E-state index contributed by atoms with van der Waals surface area (Å²) in [4.78, 5) is 38.4. The Kier molecular flexibility index (Phi) is 7.10. The lowest BCUT2D eigenvalue weighted by molar-refractivity contribution is -0.136. The van der Waals surface area contributed by atoms with Crippen LogP contribution in [0.3, 0.4) is 0 Å². The second kappa shape index (κ2) is 9.96. The minimum atomic E-state index is -0.420. The molecule has 0 radical (unpaired) electrons. The van der Waals surface area contributed by atoms with E-state index in [0.29, 0.717) is 35.2 Å². The fourth-order valence-corrected chi connectivity index (χ4v) is 3.22. The lowest BCUT2D eigenvalue weighted by Gasteiger charge is -2.12. The first kappa shape index (κ1) is 22.8. The van der Waals surface area contributed by atoms with Crippen LogP contribution >= 0.6 is 0 Å². The van der Waals surface area contributed by atoms with E-state index in [4.69, 9.17) is 4.74 Å². The van der Waals surface area contributed by atoms with Gasteiger partial charge in [0.1, 0.15) is 11.4 Å². The Hall–Kier alpha value is -3.87. The van der Waals surface area contributed by atoms with Crippen molar-refractivity contribution in [3.63, 3.8) is 0 Å². The molecule has 7 nitrogen and oxygen atoms in total. The lowest BCUT2D eigenvalue weighted by atomic mass is 10.0. The molecule has 7 heteroatoms. The van der Waals surface area contributed by atoms with Gasteiger partial charge in [0, 0.05) is 24.8 Å². The van der Waals surface area contributed by atoms with Gasteiger partial charge in [-0.15, -0.1) is 6.58 Å². The minimum absolute atomic E-state index is 0.114. The average molecular weight is 434 g/mol. The molecule has 1 aliphatic rings. The van der Waals surface area contributed by atoms with Crippen LogP contribution in [0.5, 0.6) is 5.75 Å². The molecule has 32 heavy (non-hydrogen) atoms. The first-order valence-electron chi connectivity index (χ1n) is 10.4. The number of anilines is 2. The molecule has 0 spiro atoms. The third-order valence-electron chi connectivity index (χ3n) is 4.68. The molecule has 0 aliphatic carbocycles. The van der Waals surface area contributed by atoms with E-state index >= 15 is 0 Å². The molecule has 0 aromatic heterocycles. The molecule has 2 N–H and O–H groups in total. The zero-order valence-corrected chi connectivity index (χ0v) is 18.5. The minimum Gasteiger partial charge on any atom is -0.493 e. The molecule has 0 fully saturated rings. The summed E-state index contributed by atoms with van der Waals surface area (Å²) in [7, 11) is 0. The summed E-state index contributed by atoms with van der Waals surface area (Å²) in [6.45, 7) is 9.91. The molecule has 0 unspecified atom stereocenters. The second-order valence-electron chi connectivity index (χ2n) is 7.87. The maximum Gasteiger partial charge on any atom is 0.278 e. The molecule has 1 heterocycles. The van der Waals surface area contributed by atoms with Gasteiger partial charge >= 0.3 is 0 Å². The maximum atomic E-state index is 13.1. The van der Waals surface area contributed by atoms with Crippen molar-refractivity contribution in [2.24, 2.45) is 5.92 Å². The third-order valence-corrected chi connectivity index (χ3v) is 4.68. The van der Waals surface area contributed by atoms with Crippen LogP contribution in [0.1, 0.15) is 26.3 Å². The van der Waals surface area contributed by atoms with E-state index in [0.717, 1.165) is 4.90 Å². The molecule has 0 bridgehead atoms. The van der Waals surface area contributed by atoms with Crippen LogP contribution in [-0.4, -0.2) is 35.8 Å². The number of carbonyl (C=O) groups is 3. The van der Waals surface area contributed by atoms with E-state index < -0.39 is 5.91 Å². The first-order chi connectivity index (χ1) is 15.3. The standard InChI is InChI=1S/C25H27N3O4/c1-5-14-28-24(30)22(18-6-12-21(13-7-18)32-15-16(2)3)23(25(28)31)27-20-10-8-19(9-11-20)26-17(4)29/h5-13,16,27H,1,14-15H2,2-4H3,(H,26,29). The largest absolute Gasteiger partial charge is 0.493 e. The monoisotopic (exact) mass is 433 g/mol. The van der Waals surface area contributed by atoms with Crippen molar-refractivity contribution in [1.29, 1.82) is 0 Å². The number of nitrogens with zero attached hydrogens (tertiary/aromatic N) is 1. The molecule has 2 aromatic carbocycles. The van der Waals surface area contributed by atoms with Gasteiger partial charge in [-0.05, 0) is 47.9 Å². The van der Waals surface area contributed by atoms with Crippen LogP contribution in [0.15, 0.2) is 66.9 Å². The van der Waals surface area contributed by atoms with Gasteiger partial charge in [0.15, 0.2) is 0 Å². The van der Waals surface area contributed by atoms with Crippen molar-refractivity contribution in [2.75, 3.05) is 23.8 Å². The predicted octanol–water partition coefficient (Wildman–Crippen LogP) is 4.06. The highest BCUT2D eigenvalue weighted by Crippen LogP contribution is 2.31. The summed E-state index contributed by atoms with van der Waals surface area (Å²) < 4.78 is 5.72. The number of carbonyl (C=O) groups excluding carboxylic acids is 3. The number of hydrogen-bond acceptors (Lipinski definition) is 5. The molecular formula is C25H27N3O4. The highest BCUT2D eigenvalue weighted by atomic mass is 16.5. The Bertz CT molecular complexity index is 1050. The fourth-order valence-electron chi connectivity index (χ4n) is 3.22. The zero-order chi connectivity index (χ0) is 23.3. The molecule has 0 saturated carbocycles. The van der Waals surface area contributed by atoms with Gasteiger partial charge in [-0.1, -0.05) is 32.1 Å². The van der Waals surface area contributed by atoms with Crippen molar-refractivity contribution < 1.29 is 19.1 Å². The number of amides is 3. The molecule has 166 valence electrons. The fraction of sp³-hybridized carbons (Fsp3) is 0.240. The maximum absolute atomic E-state index is 13.1. The van der Waals surface area contributed by atoms with Crippen LogP contribution in [0.25, 0.3) is 5.57 Å². The smallest absolute Gasteiger partial charge is 0.278 e. The van der Waals surface area contributed by atoms with Gasteiger partial charge in [-0.3, -0.25) is 19.3 Å². The van der Waals surface area contributed by atoms with Crippen molar-refractivity contribution in [1.82, 2.24) is 4.90 Å². The number of imide groups is 1. The topological polar surface area (TPSA) is 87.7 Å². The number of ether oxygens (including phenoxy) is 1. The highest BCUT2D eigenvalue weighted by Gasteiger charge is 2.38. The summed E-state index contributed by atoms with van der Waals surface area (Å²) in [6.07, 6.45) is 1.52. The summed E-state index contributed by atoms with van der Waals surface area (Å²) in [5.74, 6) is 0.116. The lowest BCUT2D eigenvalue weighted by Crippen LogP contribution is -2.32. The van der Waals surface area contributed by atoms with Gasteiger partial charge in [-0.2, -0.15) is 0 Å². The SMILES string of the molecule is C=CCN1C(=O)C(Nc2ccc(NC(C)=O)cc2)=C(c2ccc(OCC(C)C)cc2)C1=O. The Morgan fingerprint density at radius 2 is 1.66 bits per heavy atom. The van der Waals surface area contributed by atoms with Crippen LogP contribution in [0, 0.1) is 5.92 Å².